The van der Waals surface area contributed by atoms with Gasteiger partial charge in [-0.05, 0) is 75.7 Å². The quantitative estimate of drug-likeness (QED) is 0.469. The van der Waals surface area contributed by atoms with Crippen LogP contribution < -0.4 is 19.9 Å². The van der Waals surface area contributed by atoms with Gasteiger partial charge >= 0.3 is 6.01 Å². The van der Waals surface area contributed by atoms with E-state index in [1.807, 2.05) is 13.8 Å². The average molecular weight is 545 g/mol. The topological polar surface area (TPSA) is 56.8 Å². The van der Waals surface area contributed by atoms with Gasteiger partial charge in [-0.2, -0.15) is 9.97 Å². The normalized spacial score (nSPS) is 21.8. The summed E-state index contributed by atoms with van der Waals surface area (Å²) in [6, 6.07) is 14.9. The van der Waals surface area contributed by atoms with Gasteiger partial charge in [-0.15, -0.1) is 0 Å². The van der Waals surface area contributed by atoms with Crippen molar-refractivity contribution >= 4 is 22.3 Å². The highest BCUT2D eigenvalue weighted by atomic mass is 16.5. The summed E-state index contributed by atoms with van der Waals surface area (Å²) in [5, 5.41) is 6.42. The number of likely N-dealkylation sites (tertiary alicyclic amines) is 1. The van der Waals surface area contributed by atoms with Crippen molar-refractivity contribution in [3.8, 4) is 6.01 Å². The van der Waals surface area contributed by atoms with Crippen LogP contribution in [0.15, 0.2) is 36.4 Å². The van der Waals surface area contributed by atoms with E-state index < -0.39 is 0 Å². The highest BCUT2D eigenvalue weighted by molar-refractivity contribution is 5.97. The van der Waals surface area contributed by atoms with Gasteiger partial charge in [-0.25, -0.2) is 0 Å². The van der Waals surface area contributed by atoms with Gasteiger partial charge in [-0.1, -0.05) is 51.1 Å². The third-order valence-electron chi connectivity index (χ3n) is 8.74. The molecule has 1 N–H and O–H groups in total. The van der Waals surface area contributed by atoms with E-state index in [0.29, 0.717) is 18.1 Å². The smallest absolute Gasteiger partial charge is 0.318 e. The van der Waals surface area contributed by atoms with E-state index in [0.717, 1.165) is 50.5 Å². The molecule has 3 fully saturated rings. The van der Waals surface area contributed by atoms with Gasteiger partial charge in [0.1, 0.15) is 5.82 Å². The first-order valence-electron chi connectivity index (χ1n) is 15.5. The molecule has 7 heteroatoms. The Kier molecular flexibility index (Phi) is 9.43. The molecule has 4 aliphatic heterocycles. The van der Waals surface area contributed by atoms with Gasteiger partial charge in [0.15, 0.2) is 0 Å². The number of hydrogen-bond donors (Lipinski definition) is 1. The second-order valence-corrected chi connectivity index (χ2v) is 11.3. The van der Waals surface area contributed by atoms with Crippen LogP contribution >= 0.6 is 0 Å². The first-order valence-corrected chi connectivity index (χ1v) is 15.5. The standard InChI is InChI=1S/C26H31N5O.C5H11N.C2H6/c1-3-17-6-4-7-18-8-5-9-23(24(17)18)30-13-12-21-22(16-30)28-26(32-2)29-25(21)31-14-19-10-11-20(15-31)27-19;1-6-4-2-3-5-6;1-2/h4-9,19-20,27H,3,10-16H2,1-2H3;2-5H2,1H3;1-2H3. The molecule has 3 saturated heterocycles. The summed E-state index contributed by atoms with van der Waals surface area (Å²) in [5.74, 6) is 1.09. The first kappa shape index (κ1) is 28.6. The fourth-order valence-corrected chi connectivity index (χ4v) is 6.75. The van der Waals surface area contributed by atoms with Crippen LogP contribution in [0.1, 0.15) is 63.3 Å². The molecule has 2 bridgehead atoms. The number of aryl methyl sites for hydroxylation is 1. The zero-order valence-corrected chi connectivity index (χ0v) is 25.2. The summed E-state index contributed by atoms with van der Waals surface area (Å²) >= 11 is 0. The molecule has 0 spiro atoms. The first-order chi connectivity index (χ1) is 19.6. The third kappa shape index (κ3) is 6.06. The highest BCUT2D eigenvalue weighted by Gasteiger charge is 2.35. The Bertz CT molecular complexity index is 1260. The van der Waals surface area contributed by atoms with Crippen LogP contribution in [0.25, 0.3) is 10.8 Å². The Morgan fingerprint density at radius 1 is 0.925 bits per heavy atom. The second-order valence-electron chi connectivity index (χ2n) is 11.3. The van der Waals surface area contributed by atoms with Gasteiger partial charge in [0.25, 0.3) is 0 Å². The summed E-state index contributed by atoms with van der Waals surface area (Å²) in [5.41, 5.74) is 5.13. The Morgan fingerprint density at radius 2 is 1.62 bits per heavy atom. The number of methoxy groups -OCH3 is 1. The van der Waals surface area contributed by atoms with Crippen molar-refractivity contribution < 1.29 is 4.74 Å². The Morgan fingerprint density at radius 3 is 2.25 bits per heavy atom. The maximum absolute atomic E-state index is 5.55. The van der Waals surface area contributed by atoms with Crippen LogP contribution in [0.5, 0.6) is 6.01 Å². The lowest BCUT2D eigenvalue weighted by molar-refractivity contribution is 0.374. The Balaban J connectivity index is 0.000000354. The molecule has 0 aliphatic carbocycles. The van der Waals surface area contributed by atoms with Crippen molar-refractivity contribution in [2.75, 3.05) is 56.7 Å². The minimum atomic E-state index is 0.485. The molecular formula is C33H48N6O. The van der Waals surface area contributed by atoms with Crippen molar-refractivity contribution in [3.63, 3.8) is 0 Å². The van der Waals surface area contributed by atoms with E-state index in [9.17, 15) is 0 Å². The molecule has 3 aromatic rings. The predicted molar refractivity (Wildman–Crippen MR) is 167 cm³/mol. The number of anilines is 2. The van der Waals surface area contributed by atoms with Crippen LogP contribution in [0, 0.1) is 0 Å². The molecular weight excluding hydrogens is 496 g/mol. The number of piperazine rings is 1. The summed E-state index contributed by atoms with van der Waals surface area (Å²) in [6.07, 6.45) is 7.34. The Labute approximate surface area is 240 Å². The van der Waals surface area contributed by atoms with E-state index in [-0.39, 0.29) is 0 Å². The predicted octanol–water partition coefficient (Wildman–Crippen LogP) is 5.44. The van der Waals surface area contributed by atoms with E-state index in [1.165, 1.54) is 66.4 Å². The fraction of sp³-hybridized carbons (Fsp3) is 0.576. The van der Waals surface area contributed by atoms with Crippen molar-refractivity contribution in [2.24, 2.45) is 0 Å². The summed E-state index contributed by atoms with van der Waals surface area (Å²) in [4.78, 5) is 17.0. The number of hydrogen-bond acceptors (Lipinski definition) is 7. The van der Waals surface area contributed by atoms with Crippen LogP contribution in [0.3, 0.4) is 0 Å². The van der Waals surface area contributed by atoms with Gasteiger partial charge in [0.2, 0.25) is 0 Å². The zero-order valence-electron chi connectivity index (χ0n) is 25.2. The number of fused-ring (bicyclic) bond motifs is 4. The third-order valence-corrected chi connectivity index (χ3v) is 8.74. The van der Waals surface area contributed by atoms with E-state index in [2.05, 4.69) is 70.4 Å². The van der Waals surface area contributed by atoms with E-state index in [1.54, 1.807) is 7.11 Å². The lowest BCUT2D eigenvalue weighted by Crippen LogP contribution is -2.52. The molecule has 5 heterocycles. The molecule has 2 unspecified atom stereocenters. The van der Waals surface area contributed by atoms with Crippen molar-refractivity contribution in [1.29, 1.82) is 0 Å². The fourth-order valence-electron chi connectivity index (χ4n) is 6.75. The molecule has 7 nitrogen and oxygen atoms in total. The molecule has 7 rings (SSSR count). The molecule has 0 radical (unpaired) electrons. The van der Waals surface area contributed by atoms with E-state index >= 15 is 0 Å². The second kappa shape index (κ2) is 13.2. The SMILES string of the molecule is CC.CCc1cccc2cccc(N3CCc4c(nc(OC)nc4N4CC5CCC(C4)N5)C3)c12.CN1CCCC1. The van der Waals surface area contributed by atoms with Crippen LogP contribution in [-0.2, 0) is 19.4 Å². The molecule has 0 amide bonds. The zero-order chi connectivity index (χ0) is 28.1. The highest BCUT2D eigenvalue weighted by Crippen LogP contribution is 2.36. The number of rotatable bonds is 4. The number of aromatic nitrogens is 2. The molecule has 2 aromatic carbocycles. The monoisotopic (exact) mass is 544 g/mol. The van der Waals surface area contributed by atoms with Gasteiger partial charge < -0.3 is 24.8 Å². The molecule has 2 atom stereocenters. The molecule has 40 heavy (non-hydrogen) atoms. The number of benzene rings is 2. The average Bonchev–Trinajstić information content (AvgIpc) is 3.63. The molecule has 216 valence electrons. The summed E-state index contributed by atoms with van der Waals surface area (Å²) < 4.78 is 5.55. The maximum Gasteiger partial charge on any atom is 0.318 e. The number of nitrogens with zero attached hydrogens (tertiary/aromatic N) is 5. The molecule has 0 saturated carbocycles. The Hall–Kier alpha value is -2.90. The lowest BCUT2D eigenvalue weighted by atomic mass is 9.98. The van der Waals surface area contributed by atoms with Gasteiger partial charge in [-0.3, -0.25) is 0 Å². The van der Waals surface area contributed by atoms with Crippen LogP contribution in [0.4, 0.5) is 11.5 Å². The van der Waals surface area contributed by atoms with Crippen LogP contribution in [0.2, 0.25) is 0 Å². The summed E-state index contributed by atoms with van der Waals surface area (Å²) in [7, 11) is 3.85. The van der Waals surface area contributed by atoms with Crippen molar-refractivity contribution in [2.45, 2.75) is 77.9 Å². The van der Waals surface area contributed by atoms with Gasteiger partial charge in [0.05, 0.1) is 19.3 Å². The lowest BCUT2D eigenvalue weighted by Gasteiger charge is -2.37. The van der Waals surface area contributed by atoms with E-state index in [4.69, 9.17) is 14.7 Å². The minimum Gasteiger partial charge on any atom is -0.467 e. The maximum atomic E-state index is 5.55. The van der Waals surface area contributed by atoms with Crippen LogP contribution in [-0.4, -0.2) is 73.8 Å². The summed E-state index contributed by atoms with van der Waals surface area (Å²) in [6.45, 7) is 12.7. The largest absolute Gasteiger partial charge is 0.467 e. The van der Waals surface area contributed by atoms with Crippen molar-refractivity contribution in [1.82, 2.24) is 20.2 Å². The van der Waals surface area contributed by atoms with Gasteiger partial charge in [0, 0.05) is 48.4 Å². The van der Waals surface area contributed by atoms with Crippen molar-refractivity contribution in [3.05, 3.63) is 53.2 Å². The molecule has 4 aliphatic rings. The number of ether oxygens (including phenoxy) is 1. The minimum absolute atomic E-state index is 0.485. The molecule has 1 aromatic heterocycles. The number of nitrogens with one attached hydrogen (secondary N) is 1.